The van der Waals surface area contributed by atoms with E-state index >= 15 is 0 Å². The first-order valence-electron chi connectivity index (χ1n) is 7.51. The van der Waals surface area contributed by atoms with Crippen LogP contribution in [0, 0.1) is 0 Å². The maximum Gasteiger partial charge on any atom is 0.243 e. The van der Waals surface area contributed by atoms with Crippen molar-refractivity contribution < 1.29 is 4.79 Å². The molecular weight excluding hydrogens is 296 g/mol. The van der Waals surface area contributed by atoms with Gasteiger partial charge in [0.15, 0.2) is 0 Å². The summed E-state index contributed by atoms with van der Waals surface area (Å²) in [6.07, 6.45) is 4.34. The van der Waals surface area contributed by atoms with Gasteiger partial charge in [-0.25, -0.2) is 9.97 Å². The number of amides is 1. The van der Waals surface area contributed by atoms with Gasteiger partial charge in [0, 0.05) is 25.0 Å². The smallest absolute Gasteiger partial charge is 0.243 e. The van der Waals surface area contributed by atoms with E-state index in [1.54, 1.807) is 29.8 Å². The fraction of sp³-hybridized carbons (Fsp3) is 0.438. The highest BCUT2D eigenvalue weighted by Crippen LogP contribution is 2.33. The lowest BCUT2D eigenvalue weighted by Crippen LogP contribution is -2.44. The van der Waals surface area contributed by atoms with Gasteiger partial charge in [-0.1, -0.05) is 0 Å². The molecule has 5 nitrogen and oxygen atoms in total. The van der Waals surface area contributed by atoms with Gasteiger partial charge < -0.3 is 0 Å². The van der Waals surface area contributed by atoms with Crippen LogP contribution in [0.15, 0.2) is 35.3 Å². The van der Waals surface area contributed by atoms with Gasteiger partial charge in [-0.15, -0.1) is 0 Å². The Labute approximate surface area is 134 Å². The van der Waals surface area contributed by atoms with Gasteiger partial charge in [-0.05, 0) is 54.6 Å². The molecule has 0 unspecified atom stereocenters. The van der Waals surface area contributed by atoms with Crippen molar-refractivity contribution >= 4 is 23.2 Å². The van der Waals surface area contributed by atoms with E-state index in [-0.39, 0.29) is 11.9 Å². The normalized spacial score (nSPS) is 23.4. The fourth-order valence-corrected chi connectivity index (χ4v) is 3.82. The van der Waals surface area contributed by atoms with E-state index in [0.717, 1.165) is 13.0 Å². The summed E-state index contributed by atoms with van der Waals surface area (Å²) < 4.78 is 0. The lowest BCUT2D eigenvalue weighted by atomic mass is 10.00. The Balaban J connectivity index is 1.64. The molecular formula is C16H20N4OS. The number of nitrogens with zero attached hydrogens (tertiary/aromatic N) is 3. The number of rotatable bonds is 4. The molecule has 1 aliphatic heterocycles. The number of carbonyl (C=O) groups excluding carboxylic acids is 1. The summed E-state index contributed by atoms with van der Waals surface area (Å²) in [5.74, 6) is 0.828. The number of aromatic nitrogens is 2. The van der Waals surface area contributed by atoms with Gasteiger partial charge in [-0.2, -0.15) is 11.3 Å². The molecule has 0 bridgehead atoms. The third-order valence-electron chi connectivity index (χ3n) is 4.32. The number of carbonyl (C=O) groups is 1. The van der Waals surface area contributed by atoms with Crippen molar-refractivity contribution in [3.05, 3.63) is 40.8 Å². The minimum absolute atomic E-state index is 0.0518. The van der Waals surface area contributed by atoms with Crippen molar-refractivity contribution in [2.45, 2.75) is 38.3 Å². The van der Waals surface area contributed by atoms with Crippen LogP contribution in [-0.2, 0) is 4.79 Å². The molecule has 0 aliphatic carbocycles. The number of hydrogen-bond acceptors (Lipinski definition) is 5. The van der Waals surface area contributed by atoms with E-state index in [1.165, 1.54) is 5.56 Å². The Morgan fingerprint density at radius 2 is 2.23 bits per heavy atom. The Bertz CT molecular complexity index is 616. The summed E-state index contributed by atoms with van der Waals surface area (Å²) in [6.45, 7) is 5.06. The van der Waals surface area contributed by atoms with Crippen molar-refractivity contribution in [3.8, 4) is 0 Å². The second kappa shape index (κ2) is 6.54. The van der Waals surface area contributed by atoms with Gasteiger partial charge in [0.1, 0.15) is 0 Å². The molecule has 0 aromatic carbocycles. The quantitative estimate of drug-likeness (QED) is 0.942. The second-order valence-electron chi connectivity index (χ2n) is 5.77. The maximum absolute atomic E-state index is 12.4. The molecule has 6 heteroatoms. The average Bonchev–Trinajstić information content (AvgIpc) is 3.16. The van der Waals surface area contributed by atoms with E-state index in [4.69, 9.17) is 0 Å². The summed E-state index contributed by atoms with van der Waals surface area (Å²) in [7, 11) is 0. The van der Waals surface area contributed by atoms with Gasteiger partial charge in [0.25, 0.3) is 0 Å². The Hall–Kier alpha value is -1.79. The van der Waals surface area contributed by atoms with E-state index in [0.29, 0.717) is 17.9 Å². The lowest BCUT2D eigenvalue weighted by molar-refractivity contribution is -0.121. The largest absolute Gasteiger partial charge is 0.293 e. The summed E-state index contributed by atoms with van der Waals surface area (Å²) in [5.41, 5.74) is 1.39. The van der Waals surface area contributed by atoms with E-state index in [1.807, 2.05) is 6.92 Å². The molecule has 0 saturated carbocycles. The van der Waals surface area contributed by atoms with Crippen LogP contribution in [0.3, 0.4) is 0 Å². The zero-order valence-electron chi connectivity index (χ0n) is 12.8. The van der Waals surface area contributed by atoms with Gasteiger partial charge in [0.05, 0.1) is 6.04 Å². The Kier molecular flexibility index (Phi) is 4.49. The van der Waals surface area contributed by atoms with E-state index < -0.39 is 0 Å². The van der Waals surface area contributed by atoms with Crippen molar-refractivity contribution in [1.29, 1.82) is 0 Å². The first-order valence-corrected chi connectivity index (χ1v) is 8.45. The molecule has 3 atom stereocenters. The molecule has 116 valence electrons. The molecule has 0 radical (unpaired) electrons. The lowest BCUT2D eigenvalue weighted by Gasteiger charge is -2.27. The number of anilines is 1. The van der Waals surface area contributed by atoms with Crippen LogP contribution >= 0.6 is 11.3 Å². The second-order valence-corrected chi connectivity index (χ2v) is 6.55. The van der Waals surface area contributed by atoms with Crippen LogP contribution in [0.5, 0.6) is 0 Å². The first kappa shape index (κ1) is 15.1. The average molecular weight is 316 g/mol. The highest BCUT2D eigenvalue weighted by Gasteiger charge is 2.35. The van der Waals surface area contributed by atoms with Crippen LogP contribution in [0.4, 0.5) is 5.95 Å². The minimum Gasteiger partial charge on any atom is -0.293 e. The minimum atomic E-state index is -0.192. The Morgan fingerprint density at radius 1 is 1.45 bits per heavy atom. The molecule has 22 heavy (non-hydrogen) atoms. The fourth-order valence-electron chi connectivity index (χ4n) is 3.07. The predicted octanol–water partition coefficient (Wildman–Crippen LogP) is 2.74. The predicted molar refractivity (Wildman–Crippen MR) is 88.0 cm³/mol. The monoisotopic (exact) mass is 316 g/mol. The van der Waals surface area contributed by atoms with Crippen LogP contribution in [0.25, 0.3) is 0 Å². The summed E-state index contributed by atoms with van der Waals surface area (Å²) >= 11 is 1.73. The topological polar surface area (TPSA) is 58.1 Å². The number of hydrogen-bond donors (Lipinski definition) is 1. The third kappa shape index (κ3) is 3.18. The summed E-state index contributed by atoms with van der Waals surface area (Å²) in [6, 6.07) is 4.12. The zero-order valence-corrected chi connectivity index (χ0v) is 13.6. The molecule has 2 aromatic rings. The molecule has 1 N–H and O–H groups in total. The van der Waals surface area contributed by atoms with E-state index in [2.05, 4.69) is 43.9 Å². The first-order chi connectivity index (χ1) is 10.6. The molecule has 2 aromatic heterocycles. The zero-order chi connectivity index (χ0) is 15.5. The highest BCUT2D eigenvalue weighted by molar-refractivity contribution is 7.07. The van der Waals surface area contributed by atoms with Crippen molar-refractivity contribution in [1.82, 2.24) is 14.9 Å². The summed E-state index contributed by atoms with van der Waals surface area (Å²) in [5, 5.41) is 7.12. The van der Waals surface area contributed by atoms with Crippen LogP contribution in [0.2, 0.25) is 0 Å². The summed E-state index contributed by atoms with van der Waals surface area (Å²) in [4.78, 5) is 22.8. The molecule has 0 spiro atoms. The molecule has 3 rings (SSSR count). The molecule has 1 amide bonds. The van der Waals surface area contributed by atoms with Crippen LogP contribution in [0.1, 0.15) is 31.7 Å². The number of thiophene rings is 1. The maximum atomic E-state index is 12.4. The van der Waals surface area contributed by atoms with Crippen LogP contribution in [-0.4, -0.2) is 39.4 Å². The molecule has 3 heterocycles. The standard InChI is InChI=1S/C16H20N4OS/c1-11-8-14(13-4-7-22-10-13)9-20(11)12(2)15(21)19-16-17-5-3-6-18-16/h3-7,10-12,14H,8-9H2,1-2H3,(H,17,18,19,21)/t11-,12+,14-/m1/s1. The third-order valence-corrected chi connectivity index (χ3v) is 5.02. The van der Waals surface area contributed by atoms with Crippen molar-refractivity contribution in [2.75, 3.05) is 11.9 Å². The molecule has 1 fully saturated rings. The van der Waals surface area contributed by atoms with Gasteiger partial charge in [0.2, 0.25) is 11.9 Å². The number of nitrogens with one attached hydrogen (secondary N) is 1. The SMILES string of the molecule is C[C@@H]1C[C@@H](c2ccsc2)CN1[C@@H](C)C(=O)Nc1ncccn1. The highest BCUT2D eigenvalue weighted by atomic mass is 32.1. The Morgan fingerprint density at radius 3 is 2.91 bits per heavy atom. The van der Waals surface area contributed by atoms with Gasteiger partial charge in [-0.3, -0.25) is 15.0 Å². The van der Waals surface area contributed by atoms with Crippen LogP contribution < -0.4 is 5.32 Å². The molecule has 1 aliphatic rings. The number of likely N-dealkylation sites (tertiary alicyclic amines) is 1. The van der Waals surface area contributed by atoms with Crippen molar-refractivity contribution in [3.63, 3.8) is 0 Å². The van der Waals surface area contributed by atoms with E-state index in [9.17, 15) is 4.79 Å². The van der Waals surface area contributed by atoms with Crippen molar-refractivity contribution in [2.24, 2.45) is 0 Å². The van der Waals surface area contributed by atoms with Gasteiger partial charge >= 0.3 is 0 Å². The molecule has 1 saturated heterocycles.